The molecule has 0 saturated heterocycles. The molecule has 0 aliphatic carbocycles. The maximum atomic E-state index is 11.4. The fraction of sp³-hybridized carbons (Fsp3) is 0.231. The molecule has 2 heterocycles. The number of hydrogen-bond donors (Lipinski definition) is 2. The van der Waals surface area contributed by atoms with Crippen LogP contribution in [0.15, 0.2) is 35.1 Å². The summed E-state index contributed by atoms with van der Waals surface area (Å²) in [6.45, 7) is 2.30. The largest absolute Gasteiger partial charge is 0.491 e. The number of H-pyrrole nitrogens is 1. The van der Waals surface area contributed by atoms with E-state index in [4.69, 9.17) is 4.74 Å². The average molecular weight is 243 g/mol. The number of nitrogens with zero attached hydrogens (tertiary/aromatic N) is 1. The lowest BCUT2D eigenvalue weighted by Gasteiger charge is -2.12. The summed E-state index contributed by atoms with van der Waals surface area (Å²) in [5.74, 6) is 2.05. The van der Waals surface area contributed by atoms with Crippen molar-refractivity contribution < 1.29 is 4.74 Å². The molecule has 0 fully saturated rings. The van der Waals surface area contributed by atoms with Crippen molar-refractivity contribution in [2.24, 2.45) is 0 Å². The third kappa shape index (κ3) is 1.95. The van der Waals surface area contributed by atoms with Crippen molar-refractivity contribution in [1.82, 2.24) is 9.97 Å². The zero-order chi connectivity index (χ0) is 12.5. The second kappa shape index (κ2) is 4.18. The quantitative estimate of drug-likeness (QED) is 0.841. The summed E-state index contributed by atoms with van der Waals surface area (Å²) in [5.41, 5.74) is 0.939. The smallest absolute Gasteiger partial charge is 0.252 e. The highest BCUT2D eigenvalue weighted by Gasteiger charge is 2.23. The van der Waals surface area contributed by atoms with Gasteiger partial charge in [0.05, 0.1) is 6.04 Å². The van der Waals surface area contributed by atoms with E-state index in [1.54, 1.807) is 6.92 Å². The second-order valence-electron chi connectivity index (χ2n) is 4.26. The highest BCUT2D eigenvalue weighted by Crippen LogP contribution is 2.33. The number of aromatic amines is 1. The van der Waals surface area contributed by atoms with E-state index < -0.39 is 0 Å². The van der Waals surface area contributed by atoms with E-state index in [1.165, 1.54) is 6.07 Å². The minimum atomic E-state index is -0.155. The molecule has 0 radical (unpaired) electrons. The Morgan fingerprint density at radius 3 is 3.11 bits per heavy atom. The molecule has 1 aromatic carbocycles. The number of rotatable bonds is 2. The van der Waals surface area contributed by atoms with Gasteiger partial charge >= 0.3 is 0 Å². The van der Waals surface area contributed by atoms with Crippen LogP contribution in [0.5, 0.6) is 5.75 Å². The normalized spacial score (nSPS) is 17.1. The van der Waals surface area contributed by atoms with Crippen molar-refractivity contribution in [2.75, 3.05) is 11.9 Å². The fourth-order valence-electron chi connectivity index (χ4n) is 2.11. The number of ether oxygens (including phenoxy) is 1. The first-order valence-electron chi connectivity index (χ1n) is 5.78. The van der Waals surface area contributed by atoms with Gasteiger partial charge in [0, 0.05) is 11.6 Å². The van der Waals surface area contributed by atoms with Crippen molar-refractivity contribution >= 4 is 5.82 Å². The number of para-hydroxylation sites is 1. The fourth-order valence-corrected chi connectivity index (χ4v) is 2.11. The molecule has 1 aromatic heterocycles. The van der Waals surface area contributed by atoms with Crippen LogP contribution < -0.4 is 15.6 Å². The average Bonchev–Trinajstić information content (AvgIpc) is 2.72. The number of benzene rings is 1. The van der Waals surface area contributed by atoms with Gasteiger partial charge in [-0.05, 0) is 13.0 Å². The topological polar surface area (TPSA) is 67.0 Å². The van der Waals surface area contributed by atoms with Crippen molar-refractivity contribution in [1.29, 1.82) is 0 Å². The molecule has 1 unspecified atom stereocenters. The van der Waals surface area contributed by atoms with Crippen LogP contribution in [0.2, 0.25) is 0 Å². The predicted octanol–water partition coefficient (Wildman–Crippen LogP) is 1.62. The Hall–Kier alpha value is -2.30. The van der Waals surface area contributed by atoms with Crippen molar-refractivity contribution in [3.63, 3.8) is 0 Å². The Labute approximate surface area is 104 Å². The van der Waals surface area contributed by atoms with Crippen LogP contribution in [-0.2, 0) is 0 Å². The molecule has 2 aromatic rings. The van der Waals surface area contributed by atoms with E-state index in [0.29, 0.717) is 18.2 Å². The number of anilines is 1. The maximum Gasteiger partial charge on any atom is 0.252 e. The van der Waals surface area contributed by atoms with E-state index in [0.717, 1.165) is 11.3 Å². The molecule has 92 valence electrons. The standard InChI is InChI=1S/C13H13N3O2/c1-8-14-12(6-13(17)15-8)16-10-7-18-11-5-3-2-4-9(10)11/h2-6,10H,7H2,1H3,(H2,14,15,16,17). The van der Waals surface area contributed by atoms with Crippen molar-refractivity contribution in [3.8, 4) is 5.75 Å². The van der Waals surface area contributed by atoms with Gasteiger partial charge < -0.3 is 15.0 Å². The van der Waals surface area contributed by atoms with Crippen LogP contribution in [0.4, 0.5) is 5.82 Å². The molecule has 18 heavy (non-hydrogen) atoms. The lowest BCUT2D eigenvalue weighted by molar-refractivity contribution is 0.339. The minimum absolute atomic E-state index is 0.0369. The van der Waals surface area contributed by atoms with Crippen LogP contribution in [0.1, 0.15) is 17.4 Å². The van der Waals surface area contributed by atoms with Gasteiger partial charge in [-0.2, -0.15) is 0 Å². The van der Waals surface area contributed by atoms with Gasteiger partial charge in [-0.15, -0.1) is 0 Å². The number of aromatic nitrogens is 2. The van der Waals surface area contributed by atoms with Gasteiger partial charge in [-0.25, -0.2) is 4.98 Å². The number of nitrogens with one attached hydrogen (secondary N) is 2. The highest BCUT2D eigenvalue weighted by molar-refractivity contribution is 5.45. The molecule has 5 nitrogen and oxygen atoms in total. The summed E-state index contributed by atoms with van der Waals surface area (Å²) in [5, 5.41) is 3.22. The number of hydrogen-bond acceptors (Lipinski definition) is 4. The molecule has 1 atom stereocenters. The molecular weight excluding hydrogens is 230 g/mol. The third-order valence-corrected chi connectivity index (χ3v) is 2.88. The van der Waals surface area contributed by atoms with Crippen LogP contribution >= 0.6 is 0 Å². The molecule has 0 spiro atoms. The Morgan fingerprint density at radius 2 is 2.28 bits per heavy atom. The van der Waals surface area contributed by atoms with Crippen LogP contribution in [0.3, 0.4) is 0 Å². The van der Waals surface area contributed by atoms with Crippen LogP contribution in [0, 0.1) is 6.92 Å². The number of fused-ring (bicyclic) bond motifs is 1. The van der Waals surface area contributed by atoms with E-state index in [9.17, 15) is 4.79 Å². The van der Waals surface area contributed by atoms with Crippen molar-refractivity contribution in [3.05, 3.63) is 52.1 Å². The van der Waals surface area contributed by atoms with Gasteiger partial charge in [-0.3, -0.25) is 4.79 Å². The summed E-state index contributed by atoms with van der Waals surface area (Å²) < 4.78 is 5.57. The molecule has 2 N–H and O–H groups in total. The van der Waals surface area contributed by atoms with E-state index >= 15 is 0 Å². The molecule has 1 aliphatic rings. The number of aryl methyl sites for hydroxylation is 1. The van der Waals surface area contributed by atoms with E-state index in [2.05, 4.69) is 15.3 Å². The predicted molar refractivity (Wildman–Crippen MR) is 67.9 cm³/mol. The van der Waals surface area contributed by atoms with Gasteiger partial charge in [0.25, 0.3) is 5.56 Å². The van der Waals surface area contributed by atoms with Gasteiger partial charge in [0.2, 0.25) is 0 Å². The zero-order valence-electron chi connectivity index (χ0n) is 9.93. The first-order valence-corrected chi connectivity index (χ1v) is 5.78. The van der Waals surface area contributed by atoms with E-state index in [-0.39, 0.29) is 11.6 Å². The molecular formula is C13H13N3O2. The van der Waals surface area contributed by atoms with Gasteiger partial charge in [0.1, 0.15) is 24.0 Å². The second-order valence-corrected chi connectivity index (χ2v) is 4.26. The third-order valence-electron chi connectivity index (χ3n) is 2.88. The lowest BCUT2D eigenvalue weighted by Crippen LogP contribution is -2.16. The molecule has 5 heteroatoms. The Kier molecular flexibility index (Phi) is 2.51. The van der Waals surface area contributed by atoms with Crippen LogP contribution in [0.25, 0.3) is 0 Å². The maximum absolute atomic E-state index is 11.4. The first kappa shape index (κ1) is 10.8. The van der Waals surface area contributed by atoms with Gasteiger partial charge in [0.15, 0.2) is 0 Å². The summed E-state index contributed by atoms with van der Waals surface area (Å²) in [4.78, 5) is 18.2. The monoisotopic (exact) mass is 243 g/mol. The molecule has 1 aliphatic heterocycles. The SMILES string of the molecule is Cc1nc(NC2COc3ccccc32)cc(=O)[nH]1. The first-order chi connectivity index (χ1) is 8.72. The lowest BCUT2D eigenvalue weighted by atomic mass is 10.1. The minimum Gasteiger partial charge on any atom is -0.491 e. The van der Waals surface area contributed by atoms with Crippen molar-refractivity contribution in [2.45, 2.75) is 13.0 Å². The molecule has 0 bridgehead atoms. The Morgan fingerprint density at radius 1 is 1.44 bits per heavy atom. The van der Waals surface area contributed by atoms with E-state index in [1.807, 2.05) is 24.3 Å². The molecule has 0 amide bonds. The highest BCUT2D eigenvalue weighted by atomic mass is 16.5. The Balaban J connectivity index is 1.88. The summed E-state index contributed by atoms with van der Waals surface area (Å²) >= 11 is 0. The summed E-state index contributed by atoms with van der Waals surface area (Å²) in [7, 11) is 0. The molecule has 3 rings (SSSR count). The summed E-state index contributed by atoms with van der Waals surface area (Å²) in [6, 6.07) is 9.35. The summed E-state index contributed by atoms with van der Waals surface area (Å²) in [6.07, 6.45) is 0. The van der Waals surface area contributed by atoms with Gasteiger partial charge in [-0.1, -0.05) is 18.2 Å². The Bertz CT molecular complexity index is 636. The molecule has 0 saturated carbocycles. The zero-order valence-corrected chi connectivity index (χ0v) is 9.93. The van der Waals surface area contributed by atoms with Crippen LogP contribution in [-0.4, -0.2) is 16.6 Å².